The number of aliphatic hydroxyl groups is 1. The molecular weight excluding hydrogens is 810 g/mol. The van der Waals surface area contributed by atoms with Crippen molar-refractivity contribution in [2.75, 3.05) is 26.4 Å². The molecule has 0 fully saturated rings. The molecule has 0 bridgehead atoms. The van der Waals surface area contributed by atoms with E-state index in [0.29, 0.717) is 12.8 Å². The number of phosphoric acid groups is 1. The van der Waals surface area contributed by atoms with Crippen LogP contribution in [0.3, 0.4) is 0 Å². The summed E-state index contributed by atoms with van der Waals surface area (Å²) in [6.45, 7) is 3.31. The van der Waals surface area contributed by atoms with Crippen molar-refractivity contribution < 1.29 is 37.9 Å². The first-order valence-corrected chi connectivity index (χ1v) is 25.5. The number of esters is 1. The number of hydrogen-bond acceptors (Lipinski definition) is 7. The van der Waals surface area contributed by atoms with Crippen LogP contribution in [0.5, 0.6) is 0 Å². The normalized spacial score (nSPS) is 14.3. The molecule has 9 nitrogen and oxygen atoms in total. The van der Waals surface area contributed by atoms with Gasteiger partial charge in [-0.05, 0) is 109 Å². The van der Waals surface area contributed by atoms with Gasteiger partial charge in [0.25, 0.3) is 0 Å². The van der Waals surface area contributed by atoms with Gasteiger partial charge >= 0.3 is 13.8 Å². The Morgan fingerprint density at radius 1 is 0.508 bits per heavy atom. The number of carbonyl (C=O) groups excluding carboxylic acids is 2. The Labute approximate surface area is 383 Å². The summed E-state index contributed by atoms with van der Waals surface area (Å²) in [6, 6.07) is 0. The van der Waals surface area contributed by atoms with Crippen molar-refractivity contribution in [2.24, 2.45) is 0 Å². The van der Waals surface area contributed by atoms with Gasteiger partial charge in [-0.2, -0.15) is 0 Å². The molecular formula is C53H86NO8P. The maximum Gasteiger partial charge on any atom is 0.472 e. The van der Waals surface area contributed by atoms with E-state index in [9.17, 15) is 24.2 Å². The van der Waals surface area contributed by atoms with E-state index in [-0.39, 0.29) is 32.1 Å². The molecule has 0 saturated carbocycles. The lowest BCUT2D eigenvalue weighted by atomic mass is 10.1. The van der Waals surface area contributed by atoms with E-state index in [1.807, 2.05) is 0 Å². The number of carbonyl (C=O) groups is 2. The molecule has 0 aromatic heterocycles. The molecule has 356 valence electrons. The van der Waals surface area contributed by atoms with Crippen LogP contribution in [-0.4, -0.2) is 54.3 Å². The maximum atomic E-state index is 12.1. The molecule has 0 aliphatic heterocycles. The highest BCUT2D eigenvalue weighted by Gasteiger charge is 2.23. The van der Waals surface area contributed by atoms with Crippen LogP contribution in [0.15, 0.2) is 122 Å². The first kappa shape index (κ1) is 59.4. The zero-order chi connectivity index (χ0) is 46.0. The summed E-state index contributed by atoms with van der Waals surface area (Å²) in [4.78, 5) is 34.0. The maximum absolute atomic E-state index is 12.1. The number of unbranched alkanes of at least 4 members (excludes halogenated alkanes) is 10. The summed E-state index contributed by atoms with van der Waals surface area (Å²) in [5.74, 6) is -0.589. The van der Waals surface area contributed by atoms with Gasteiger partial charge in [0.15, 0.2) is 0 Å². The van der Waals surface area contributed by atoms with E-state index in [2.05, 4.69) is 141 Å². The van der Waals surface area contributed by atoms with Gasteiger partial charge in [-0.3, -0.25) is 18.6 Å². The van der Waals surface area contributed by atoms with Gasteiger partial charge in [-0.25, -0.2) is 4.57 Å². The summed E-state index contributed by atoms with van der Waals surface area (Å²) in [5, 5.41) is 12.7. The van der Waals surface area contributed by atoms with Crippen molar-refractivity contribution in [3.63, 3.8) is 0 Å². The molecule has 0 rings (SSSR count). The van der Waals surface area contributed by atoms with Crippen LogP contribution in [0.1, 0.15) is 168 Å². The number of hydrogen-bond donors (Lipinski definition) is 3. The second-order valence-electron chi connectivity index (χ2n) is 15.3. The van der Waals surface area contributed by atoms with Crippen molar-refractivity contribution in [3.8, 4) is 0 Å². The van der Waals surface area contributed by atoms with Crippen LogP contribution in [0.25, 0.3) is 0 Å². The highest BCUT2D eigenvalue weighted by Crippen LogP contribution is 2.42. The average molecular weight is 896 g/mol. The fraction of sp³-hybridized carbons (Fsp3) is 0.585. The number of allylic oxidation sites excluding steroid dienone is 20. The molecule has 0 aliphatic rings. The van der Waals surface area contributed by atoms with Crippen LogP contribution in [0, 0.1) is 0 Å². The van der Waals surface area contributed by atoms with Crippen molar-refractivity contribution in [3.05, 3.63) is 122 Å². The minimum atomic E-state index is -4.45. The monoisotopic (exact) mass is 896 g/mol. The van der Waals surface area contributed by atoms with Gasteiger partial charge in [-0.1, -0.05) is 167 Å². The summed E-state index contributed by atoms with van der Waals surface area (Å²) >= 11 is 0. The summed E-state index contributed by atoms with van der Waals surface area (Å²) < 4.78 is 26.9. The quantitative estimate of drug-likeness (QED) is 0.0239. The lowest BCUT2D eigenvalue weighted by Gasteiger charge is -2.15. The average Bonchev–Trinajstić information content (AvgIpc) is 3.27. The number of aliphatic hydroxyl groups excluding tert-OH is 1. The molecule has 3 N–H and O–H groups in total. The van der Waals surface area contributed by atoms with E-state index in [1.54, 1.807) is 0 Å². The van der Waals surface area contributed by atoms with E-state index in [1.165, 1.54) is 25.7 Å². The fourth-order valence-corrected chi connectivity index (χ4v) is 6.53. The third-order valence-electron chi connectivity index (χ3n) is 9.38. The minimum absolute atomic E-state index is 0.0471. The third-order valence-corrected chi connectivity index (χ3v) is 10.4. The van der Waals surface area contributed by atoms with Gasteiger partial charge < -0.3 is 20.1 Å². The SMILES string of the molecule is CC/C=C\C/C=C\C/C=C\C/C=C\C/C=C\C/C=C\CCCCC(=O)NCCOP(=O)(O)OCC(O)COC(=O)CCCCCCC/C=C\C/C=C\C/C=C\C/C=C\CCCCC. The van der Waals surface area contributed by atoms with Crippen LogP contribution in [0.2, 0.25) is 0 Å². The van der Waals surface area contributed by atoms with Crippen LogP contribution >= 0.6 is 7.82 Å². The summed E-state index contributed by atoms with van der Waals surface area (Å²) in [5.41, 5.74) is 0. The lowest BCUT2D eigenvalue weighted by molar-refractivity contribution is -0.147. The highest BCUT2D eigenvalue weighted by molar-refractivity contribution is 7.47. The van der Waals surface area contributed by atoms with E-state index < -0.39 is 26.5 Å². The summed E-state index contributed by atoms with van der Waals surface area (Å²) in [7, 11) is -4.45. The Morgan fingerprint density at radius 3 is 1.38 bits per heavy atom. The number of amides is 1. The van der Waals surface area contributed by atoms with Crippen LogP contribution < -0.4 is 5.32 Å². The largest absolute Gasteiger partial charge is 0.472 e. The Bertz CT molecular complexity index is 1440. The van der Waals surface area contributed by atoms with Crippen molar-refractivity contribution in [1.29, 1.82) is 0 Å². The van der Waals surface area contributed by atoms with E-state index in [4.69, 9.17) is 13.8 Å². The highest BCUT2D eigenvalue weighted by atomic mass is 31.2. The van der Waals surface area contributed by atoms with Gasteiger partial charge in [0.1, 0.15) is 12.7 Å². The minimum Gasteiger partial charge on any atom is -0.463 e. The molecule has 63 heavy (non-hydrogen) atoms. The third kappa shape index (κ3) is 49.3. The molecule has 0 aromatic carbocycles. The van der Waals surface area contributed by atoms with Gasteiger partial charge in [0, 0.05) is 19.4 Å². The van der Waals surface area contributed by atoms with E-state index >= 15 is 0 Å². The molecule has 2 unspecified atom stereocenters. The Balaban J connectivity index is 3.73. The zero-order valence-electron chi connectivity index (χ0n) is 39.2. The Kier molecular flexibility index (Phi) is 45.2. The standard InChI is InChI=1S/C53H86NO8P/c1-3-5-7-9-11-13-15-17-19-21-23-25-27-29-31-33-35-37-39-41-43-45-52(56)54-47-48-61-63(58,59)62-50-51(55)49-60-53(57)46-44-42-40-38-36-34-32-30-28-26-24-22-20-18-16-14-12-10-8-6-4-2/h5,7,11-14,17-20,23-26,29-32,35,37,51,55H,3-4,6,8-10,15-16,21-22,27-28,33-34,36,38-50H2,1-2H3,(H,54,56)(H,58,59)/b7-5-,13-11-,14-12-,19-17-,20-18-,25-23-,26-24-,31-29-,32-30-,37-35-. The molecule has 0 aliphatic carbocycles. The van der Waals surface area contributed by atoms with Gasteiger partial charge in [-0.15, -0.1) is 0 Å². The summed E-state index contributed by atoms with van der Waals surface area (Å²) in [6.07, 6.45) is 65.6. The smallest absolute Gasteiger partial charge is 0.463 e. The molecule has 0 heterocycles. The molecule has 1 amide bonds. The fourth-order valence-electron chi connectivity index (χ4n) is 5.78. The predicted molar refractivity (Wildman–Crippen MR) is 265 cm³/mol. The molecule has 0 aromatic rings. The van der Waals surface area contributed by atoms with Crippen molar-refractivity contribution >= 4 is 19.7 Å². The van der Waals surface area contributed by atoms with E-state index in [0.717, 1.165) is 109 Å². The predicted octanol–water partition coefficient (Wildman–Crippen LogP) is 14.1. The molecule has 0 saturated heterocycles. The van der Waals surface area contributed by atoms with Crippen LogP contribution in [0.4, 0.5) is 0 Å². The first-order chi connectivity index (χ1) is 30.8. The number of nitrogens with one attached hydrogen (secondary N) is 1. The number of rotatable bonds is 43. The van der Waals surface area contributed by atoms with Crippen LogP contribution in [-0.2, 0) is 27.9 Å². The Hall–Kier alpha value is -3.59. The second kappa shape index (κ2) is 47.9. The molecule has 0 spiro atoms. The van der Waals surface area contributed by atoms with Crippen molar-refractivity contribution in [2.45, 2.75) is 174 Å². The zero-order valence-corrected chi connectivity index (χ0v) is 40.1. The van der Waals surface area contributed by atoms with Crippen molar-refractivity contribution in [1.82, 2.24) is 5.32 Å². The number of ether oxygens (including phenoxy) is 1. The van der Waals surface area contributed by atoms with Gasteiger partial charge in [0.05, 0.1) is 13.2 Å². The molecule has 0 radical (unpaired) electrons. The lowest BCUT2D eigenvalue weighted by Crippen LogP contribution is -2.27. The topological polar surface area (TPSA) is 131 Å². The Morgan fingerprint density at radius 2 is 0.905 bits per heavy atom. The molecule has 2 atom stereocenters. The first-order valence-electron chi connectivity index (χ1n) is 24.0. The number of phosphoric ester groups is 1. The molecule has 10 heteroatoms. The van der Waals surface area contributed by atoms with Gasteiger partial charge in [0.2, 0.25) is 5.91 Å². The second-order valence-corrected chi connectivity index (χ2v) is 16.8.